The van der Waals surface area contributed by atoms with Crippen molar-refractivity contribution >= 4 is 66.2 Å². The van der Waals surface area contributed by atoms with E-state index in [2.05, 4.69) is 23.7 Å². The Morgan fingerprint density at radius 2 is 1.50 bits per heavy atom. The largest absolute Gasteiger partial charge is 2.00 e. The van der Waals surface area contributed by atoms with E-state index in [1.807, 2.05) is 0 Å². The van der Waals surface area contributed by atoms with E-state index in [1.54, 1.807) is 0 Å². The van der Waals surface area contributed by atoms with Crippen LogP contribution < -0.4 is 11.5 Å². The molecule has 0 aliphatic rings. The van der Waals surface area contributed by atoms with E-state index in [0.717, 1.165) is 0 Å². The molecule has 0 saturated carbocycles. The van der Waals surface area contributed by atoms with Gasteiger partial charge in [0.05, 0.1) is 0 Å². The molecule has 0 spiro atoms. The summed E-state index contributed by atoms with van der Waals surface area (Å²) in [6, 6.07) is 0. The zero-order chi connectivity index (χ0) is 3.58. The van der Waals surface area contributed by atoms with Gasteiger partial charge in [0, 0.05) is 0 Å². The number of hydrogen-bond donors (Lipinski definition) is 2. The Hall–Kier alpha value is 1.22. The van der Waals surface area contributed by atoms with Crippen molar-refractivity contribution in [3.8, 4) is 0 Å². The molecule has 0 amide bonds. The molecule has 0 aromatic rings. The van der Waals surface area contributed by atoms with Crippen LogP contribution >= 0.6 is 12.2 Å². The van der Waals surface area contributed by atoms with Crippen molar-refractivity contribution in [2.24, 2.45) is 11.5 Å². The molecule has 36 valence electrons. The maximum absolute atomic E-state index is 4.62. The van der Waals surface area contributed by atoms with E-state index in [0.29, 0.717) is 0 Å². The maximum Gasteiger partial charge on any atom is 2.00 e. The summed E-state index contributed by atoms with van der Waals surface area (Å²) in [6.07, 6.45) is 0. The zero-order valence-electron chi connectivity index (χ0n) is 5.27. The Kier molecular flexibility index (Phi) is 24.9. The van der Waals surface area contributed by atoms with Crippen LogP contribution in [0.25, 0.3) is 0 Å². The van der Waals surface area contributed by atoms with Crippen LogP contribution in [-0.4, -0.2) is 59.5 Å². The molecule has 0 aliphatic carbocycles. The monoisotopic (exact) mass is 234 g/mol. The molecule has 0 atom stereocenters. The first kappa shape index (κ1) is 15.7. The van der Waals surface area contributed by atoms with E-state index in [-0.39, 0.29) is 62.3 Å². The van der Waals surface area contributed by atoms with Gasteiger partial charge in [0.25, 0.3) is 0 Å². The molecule has 0 rings (SSSR count). The third kappa shape index (κ3) is 62.4. The minimum atomic E-state index is 0. The predicted octanol–water partition coefficient (Wildman–Crippen LogP) is -1.79. The second-order valence-corrected chi connectivity index (χ2v) is 0.874. The van der Waals surface area contributed by atoms with Crippen LogP contribution in [0.5, 0.6) is 0 Å². The molecule has 0 aromatic carbocycles. The summed E-state index contributed by atoms with van der Waals surface area (Å²) in [6.45, 7) is 0. The third-order valence-corrected chi connectivity index (χ3v) is 0. The fourth-order valence-corrected chi connectivity index (χ4v) is 0. The fourth-order valence-electron chi connectivity index (χ4n) is 0. The summed E-state index contributed by atoms with van der Waals surface area (Å²) in [4.78, 5) is 0. The summed E-state index contributed by atoms with van der Waals surface area (Å²) in [5, 5.41) is 0.000000000000000222. The Bertz CT molecular complexity index is 43.0. The van der Waals surface area contributed by atoms with Crippen LogP contribution in [0.4, 0.5) is 0 Å². The van der Waals surface area contributed by atoms with Gasteiger partial charge in [-0.2, -0.15) is 0 Å². The fraction of sp³-hybridized carbons (Fsp3) is 0. The van der Waals surface area contributed by atoms with E-state index < -0.39 is 0 Å². The standard InChI is InChI=1S/CH4N2S.Ba.H2O.2H/c2-1(3)4;;;;/h(H4,2,3,4);;1H2;;/q;+2;;2*-1. The molecule has 0 saturated heterocycles. The van der Waals surface area contributed by atoms with E-state index >= 15 is 0 Å². The summed E-state index contributed by atoms with van der Waals surface area (Å²) in [5.74, 6) is 0. The van der Waals surface area contributed by atoms with Crippen molar-refractivity contribution in [1.29, 1.82) is 0 Å². The summed E-state index contributed by atoms with van der Waals surface area (Å²) >= 11 is 4.09. The Balaban J connectivity index is -0.00000000750. The summed E-state index contributed by atoms with van der Waals surface area (Å²) in [7, 11) is 0. The van der Waals surface area contributed by atoms with Crippen LogP contribution in [0, 0.1) is 0 Å². The minimum absolute atomic E-state index is 0. The third-order valence-electron chi connectivity index (χ3n) is 0. The SMILES string of the molecule is NC(N)=S.O.[Ba+2].[H-].[H-]. The van der Waals surface area contributed by atoms with Crippen LogP contribution in [0.1, 0.15) is 2.85 Å². The van der Waals surface area contributed by atoms with E-state index in [4.69, 9.17) is 0 Å². The molecule has 0 radical (unpaired) electrons. The van der Waals surface area contributed by atoms with Gasteiger partial charge in [0.2, 0.25) is 0 Å². The van der Waals surface area contributed by atoms with E-state index in [9.17, 15) is 0 Å². The summed E-state index contributed by atoms with van der Waals surface area (Å²) < 4.78 is 0. The van der Waals surface area contributed by atoms with Crippen LogP contribution in [0.3, 0.4) is 0 Å². The molecule has 0 bridgehead atoms. The molecule has 0 aromatic heterocycles. The van der Waals surface area contributed by atoms with E-state index in [1.165, 1.54) is 0 Å². The molecule has 3 nitrogen and oxygen atoms in total. The van der Waals surface area contributed by atoms with Gasteiger partial charge in [-0.15, -0.1) is 0 Å². The van der Waals surface area contributed by atoms with Gasteiger partial charge >= 0.3 is 48.9 Å². The molecular weight excluding hydrogens is 225 g/mol. The first-order chi connectivity index (χ1) is 1.73. The predicted molar refractivity (Wildman–Crippen MR) is 32.6 cm³/mol. The molecule has 6 N–H and O–H groups in total. The van der Waals surface area contributed by atoms with Gasteiger partial charge in [0.1, 0.15) is 0 Å². The Morgan fingerprint density at radius 1 is 1.50 bits per heavy atom. The smallest absolute Gasteiger partial charge is 1.00 e. The quantitative estimate of drug-likeness (QED) is 0.383. The molecule has 0 fully saturated rings. The van der Waals surface area contributed by atoms with Gasteiger partial charge in [-0.05, 0) is 12.2 Å². The molecule has 0 aliphatic heterocycles. The van der Waals surface area contributed by atoms with Gasteiger partial charge in [-0.25, -0.2) is 0 Å². The molecular formula is CH8BaN2OS. The Morgan fingerprint density at radius 3 is 1.50 bits per heavy atom. The minimum Gasteiger partial charge on any atom is -1.00 e. The van der Waals surface area contributed by atoms with Crippen molar-refractivity contribution in [2.45, 2.75) is 0 Å². The number of thiocarbonyl (C=S) groups is 1. The van der Waals surface area contributed by atoms with Crippen LogP contribution in [0.2, 0.25) is 0 Å². The van der Waals surface area contributed by atoms with Crippen molar-refractivity contribution in [1.82, 2.24) is 0 Å². The van der Waals surface area contributed by atoms with Crippen molar-refractivity contribution < 1.29 is 8.33 Å². The summed E-state index contributed by atoms with van der Waals surface area (Å²) in [5.41, 5.74) is 9.24. The van der Waals surface area contributed by atoms with Gasteiger partial charge in [-0.1, -0.05) is 0 Å². The molecule has 0 unspecified atom stereocenters. The zero-order valence-corrected chi connectivity index (χ0v) is 8.53. The topological polar surface area (TPSA) is 83.5 Å². The first-order valence-corrected chi connectivity index (χ1v) is 1.19. The first-order valence-electron chi connectivity index (χ1n) is 0.781. The average molecular weight is 233 g/mol. The maximum atomic E-state index is 4.62. The van der Waals surface area contributed by atoms with Gasteiger partial charge < -0.3 is 19.8 Å². The number of hydrogen-bond acceptors (Lipinski definition) is 1. The van der Waals surface area contributed by atoms with Crippen molar-refractivity contribution in [2.75, 3.05) is 0 Å². The average Bonchev–Trinajstić information content (AvgIpc) is 0.811. The molecule has 6 heavy (non-hydrogen) atoms. The Labute approximate surface area is 84.8 Å². The van der Waals surface area contributed by atoms with Gasteiger partial charge in [0.15, 0.2) is 5.11 Å². The second kappa shape index (κ2) is 9.52. The van der Waals surface area contributed by atoms with Gasteiger partial charge in [-0.3, -0.25) is 0 Å². The molecule has 0 heterocycles. The normalized spacial score (nSPS) is 4.00. The number of rotatable bonds is 0. The second-order valence-electron chi connectivity index (χ2n) is 0.402. The number of nitrogens with two attached hydrogens (primary N) is 2. The van der Waals surface area contributed by atoms with Crippen LogP contribution in [0.15, 0.2) is 0 Å². The van der Waals surface area contributed by atoms with Crippen molar-refractivity contribution in [3.63, 3.8) is 0 Å². The van der Waals surface area contributed by atoms with Crippen molar-refractivity contribution in [3.05, 3.63) is 0 Å². The molecule has 5 heteroatoms. The van der Waals surface area contributed by atoms with Crippen LogP contribution in [-0.2, 0) is 0 Å².